The van der Waals surface area contributed by atoms with Gasteiger partial charge in [0.2, 0.25) is 0 Å². The molecule has 212 valence electrons. The summed E-state index contributed by atoms with van der Waals surface area (Å²) in [4.78, 5) is -0.907. The van der Waals surface area contributed by atoms with E-state index in [1.165, 1.54) is 36.4 Å². The van der Waals surface area contributed by atoms with E-state index in [2.05, 4.69) is 34.3 Å². The smallest absolute Gasteiger partial charge is 0.744 e. The van der Waals surface area contributed by atoms with Gasteiger partial charge >= 0.3 is 88.7 Å². The summed E-state index contributed by atoms with van der Waals surface area (Å²) in [5, 5.41) is 47.8. The van der Waals surface area contributed by atoms with Gasteiger partial charge in [-0.1, -0.05) is 18.2 Å². The number of nitrogens with one attached hydrogen (secondary N) is 1. The van der Waals surface area contributed by atoms with Gasteiger partial charge in [0, 0.05) is 0 Å². The van der Waals surface area contributed by atoms with E-state index in [0.717, 1.165) is 12.1 Å². The predicted octanol–water partition coefficient (Wildman–Crippen LogP) is -7.31. The number of phenolic OH excluding ortho intramolecular Hbond substituents is 1. The quantitative estimate of drug-likeness (QED) is 0.0220. The van der Waals surface area contributed by atoms with Crippen molar-refractivity contribution >= 4 is 72.2 Å². The largest absolute Gasteiger partial charge is 1.00 e. The van der Waals surface area contributed by atoms with E-state index in [9.17, 15) is 37.0 Å². The number of phenols is 1. The molecule has 0 aliphatic heterocycles. The summed E-state index contributed by atoms with van der Waals surface area (Å²) >= 11 is 0.729. The van der Waals surface area contributed by atoms with Gasteiger partial charge in [0.1, 0.15) is 27.2 Å². The van der Waals surface area contributed by atoms with E-state index in [4.69, 9.17) is 4.18 Å². The Bertz CT molecular complexity index is 1550. The van der Waals surface area contributed by atoms with Crippen molar-refractivity contribution in [2.75, 3.05) is 23.6 Å². The first-order valence-corrected chi connectivity index (χ1v) is 14.8. The minimum absolute atomic E-state index is 0. The molecule has 0 amide bonds. The molecule has 2 N–H and O–H groups in total. The van der Waals surface area contributed by atoms with E-state index >= 15 is 0 Å². The van der Waals surface area contributed by atoms with Crippen molar-refractivity contribution in [2.24, 2.45) is 10.2 Å². The van der Waals surface area contributed by atoms with Crippen molar-refractivity contribution in [3.05, 3.63) is 48.5 Å². The Hall–Kier alpha value is 0.400. The van der Waals surface area contributed by atoms with Crippen LogP contribution in [-0.4, -0.2) is 44.7 Å². The average Bonchev–Trinajstić information content (AvgIpc) is 2.89. The van der Waals surface area contributed by atoms with Gasteiger partial charge in [-0.3, -0.25) is 14.3 Å². The summed E-state index contributed by atoms with van der Waals surface area (Å²) in [7, 11) is -8.88. The number of rotatable bonds is 15. The van der Waals surface area contributed by atoms with Gasteiger partial charge in [-0.15, -0.1) is 14.6 Å². The Kier molecular flexibility index (Phi) is 20.7. The molecule has 0 aromatic heterocycles. The molecule has 3 aromatic rings. The average molecular weight is 692 g/mol. The third-order valence-electron chi connectivity index (χ3n) is 4.73. The third kappa shape index (κ3) is 12.3. The fourth-order valence-electron chi connectivity index (χ4n) is 3.17. The molecule has 23 heteroatoms. The van der Waals surface area contributed by atoms with Crippen LogP contribution in [0, 0.1) is 0 Å². The fraction of sp³-hybridized carbons (Fsp3) is 0.158. The summed E-state index contributed by atoms with van der Waals surface area (Å²) in [6.45, 7) is -0.370. The first-order chi connectivity index (χ1) is 18.6. The molecular formula is C19H16N3Na3O13S4. The molecule has 0 heterocycles. The van der Waals surface area contributed by atoms with Gasteiger partial charge in [-0.05, 0) is 35.7 Å². The van der Waals surface area contributed by atoms with Crippen LogP contribution in [0.4, 0.5) is 17.1 Å². The number of azo groups is 1. The van der Waals surface area contributed by atoms with E-state index < -0.39 is 36.4 Å². The van der Waals surface area contributed by atoms with Crippen LogP contribution in [0.3, 0.4) is 0 Å². The molecule has 3 rings (SSSR count). The van der Waals surface area contributed by atoms with Crippen LogP contribution >= 0.6 is 24.4 Å². The van der Waals surface area contributed by atoms with Crippen LogP contribution in [0.15, 0.2) is 68.6 Å². The molecule has 0 saturated heterocycles. The topological polar surface area (TPSA) is 241 Å². The number of aromatic hydroxyl groups is 1. The third-order valence-corrected chi connectivity index (χ3v) is 8.05. The number of nitrogens with zero attached hydrogens (tertiary/aromatic N) is 2. The van der Waals surface area contributed by atoms with E-state index in [1.807, 2.05) is 0 Å². The van der Waals surface area contributed by atoms with Crippen LogP contribution < -0.4 is 105 Å². The molecule has 0 aliphatic carbocycles. The maximum absolute atomic E-state index is 12.8. The van der Waals surface area contributed by atoms with Crippen LogP contribution in [0.2, 0.25) is 0 Å². The molecule has 0 unspecified atom stereocenters. The van der Waals surface area contributed by atoms with Crippen molar-refractivity contribution in [2.45, 2.75) is 9.79 Å². The second-order valence-electron chi connectivity index (χ2n) is 7.04. The minimum Gasteiger partial charge on any atom is -0.744 e. The summed E-state index contributed by atoms with van der Waals surface area (Å²) in [5.41, 5.74) is 0.0424. The fourth-order valence-corrected chi connectivity index (χ4v) is 5.55. The van der Waals surface area contributed by atoms with Gasteiger partial charge in [0.25, 0.3) is 0 Å². The molecule has 3 aromatic carbocycles. The first-order valence-electron chi connectivity index (χ1n) is 10.1. The maximum Gasteiger partial charge on any atom is 1.00 e. The Morgan fingerprint density at radius 3 is 2.29 bits per heavy atom. The van der Waals surface area contributed by atoms with Crippen molar-refractivity contribution in [1.29, 1.82) is 0 Å². The zero-order valence-electron chi connectivity index (χ0n) is 22.1. The van der Waals surface area contributed by atoms with Gasteiger partial charge in [0.05, 0.1) is 51.1 Å². The van der Waals surface area contributed by atoms with Gasteiger partial charge in [0.15, 0.2) is 22.2 Å². The summed E-state index contributed by atoms with van der Waals surface area (Å²) in [6.07, 6.45) is 0. The number of fused-ring (bicyclic) bond motifs is 1. The van der Waals surface area contributed by atoms with Crippen LogP contribution in [0.25, 0.3) is 10.8 Å². The van der Waals surface area contributed by atoms with E-state index in [0.29, 0.717) is 12.0 Å². The normalized spacial score (nSPS) is 11.5. The number of sulfone groups is 1. The minimum atomic E-state index is -4.90. The SMILES string of the molecule is O=S(=O)([O-])c1cc(O)c2c(N=Nc3ccccc3S(=O)(=O)CCOSOO[O-])c(NCSOO[O-])ccc2c1.[Na+].[Na+].[Na+]. The van der Waals surface area contributed by atoms with Crippen LogP contribution in [0.1, 0.15) is 0 Å². The summed E-state index contributed by atoms with van der Waals surface area (Å²) in [6, 6.07) is 10.2. The van der Waals surface area contributed by atoms with Crippen LogP contribution in [-0.2, 0) is 42.9 Å². The standard InChI is InChI=1S/C19H19N3O13S4.3Na/c23-16-10-13(39(28,29)30)9-12-5-6-15(20-11-36-34-32-24)19(18(12)16)22-21-14-3-1-2-4-17(14)38(26,27)8-7-31-37-35-33-25;;;/h1-6,9-10,20,23-25H,7-8,11H2,(H,28,29,30);;;/q;3*+1/p-3. The number of hydrogen-bond donors (Lipinski definition) is 2. The van der Waals surface area contributed by atoms with Crippen molar-refractivity contribution in [3.8, 4) is 5.75 Å². The molecular weight excluding hydrogens is 675 g/mol. The number of anilines is 1. The summed E-state index contributed by atoms with van der Waals surface area (Å²) < 4.78 is 73.0. The number of hydrogen-bond acceptors (Lipinski definition) is 18. The Balaban J connectivity index is 0.00000560. The maximum atomic E-state index is 12.8. The monoisotopic (exact) mass is 691 g/mol. The number of benzene rings is 3. The second-order valence-corrected chi connectivity index (χ2v) is 11.7. The first kappa shape index (κ1) is 42.4. The van der Waals surface area contributed by atoms with Gasteiger partial charge in [-0.25, -0.2) is 16.8 Å². The van der Waals surface area contributed by atoms with Crippen molar-refractivity contribution < 1.29 is 149 Å². The van der Waals surface area contributed by atoms with Crippen molar-refractivity contribution in [3.63, 3.8) is 0 Å². The Labute approximate surface area is 314 Å². The molecule has 0 bridgehead atoms. The van der Waals surface area contributed by atoms with Gasteiger partial charge in [-0.2, -0.15) is 4.33 Å². The van der Waals surface area contributed by atoms with Gasteiger partial charge < -0.3 is 25.5 Å². The van der Waals surface area contributed by atoms with Crippen molar-refractivity contribution in [1.82, 2.24) is 0 Å². The Morgan fingerprint density at radius 2 is 1.62 bits per heavy atom. The molecule has 0 aliphatic rings. The molecule has 42 heavy (non-hydrogen) atoms. The summed E-state index contributed by atoms with van der Waals surface area (Å²) in [5.74, 6) is -1.21. The van der Waals surface area contributed by atoms with E-state index in [1.54, 1.807) is 0 Å². The molecule has 0 saturated carbocycles. The zero-order valence-corrected chi connectivity index (χ0v) is 31.4. The van der Waals surface area contributed by atoms with E-state index in [-0.39, 0.29) is 146 Å². The molecule has 16 nitrogen and oxygen atoms in total. The van der Waals surface area contributed by atoms with Crippen LogP contribution in [0.5, 0.6) is 5.75 Å². The molecule has 0 atom stereocenters. The second kappa shape index (κ2) is 20.5. The zero-order chi connectivity index (χ0) is 28.5. The predicted molar refractivity (Wildman–Crippen MR) is 130 cm³/mol. The Morgan fingerprint density at radius 1 is 0.929 bits per heavy atom. The molecule has 0 spiro atoms. The molecule has 0 fully saturated rings. The molecule has 0 radical (unpaired) electrons.